The van der Waals surface area contributed by atoms with Crippen LogP contribution < -0.4 is 5.32 Å². The lowest BCUT2D eigenvalue weighted by Gasteiger charge is -2.37. The van der Waals surface area contributed by atoms with E-state index in [9.17, 15) is 9.59 Å². The van der Waals surface area contributed by atoms with E-state index in [1.54, 1.807) is 4.68 Å². The topological polar surface area (TPSA) is 76.5 Å². The number of rotatable bonds is 4. The average Bonchev–Trinajstić information content (AvgIpc) is 3.22. The van der Waals surface area contributed by atoms with Gasteiger partial charge in [0.2, 0.25) is 5.91 Å². The van der Waals surface area contributed by atoms with Crippen molar-refractivity contribution in [3.05, 3.63) is 18.0 Å². The van der Waals surface area contributed by atoms with E-state index >= 15 is 0 Å². The molecule has 4 rings (SSSR count). The van der Waals surface area contributed by atoms with Crippen LogP contribution in [0.5, 0.6) is 0 Å². The quantitative estimate of drug-likeness (QED) is 0.863. The van der Waals surface area contributed by atoms with Gasteiger partial charge in [0, 0.05) is 38.8 Å². The van der Waals surface area contributed by atoms with Crippen LogP contribution in [0, 0.1) is 0 Å². The summed E-state index contributed by atoms with van der Waals surface area (Å²) in [6.07, 6.45) is 5.96. The van der Waals surface area contributed by atoms with Crippen LogP contribution in [0.25, 0.3) is 0 Å². The Morgan fingerprint density at radius 1 is 1.38 bits per heavy atom. The van der Waals surface area contributed by atoms with Gasteiger partial charge in [-0.05, 0) is 31.7 Å². The first kappa shape index (κ1) is 15.6. The van der Waals surface area contributed by atoms with Crippen molar-refractivity contribution in [1.29, 1.82) is 0 Å². The van der Waals surface area contributed by atoms with Crippen molar-refractivity contribution in [3.63, 3.8) is 0 Å². The SMILES string of the molecule is Cn1ccc(C2(C(=O)NC3CCCN(C(=O)C4CCO4)C3)CC2)n1. The summed E-state index contributed by atoms with van der Waals surface area (Å²) < 4.78 is 7.04. The van der Waals surface area contributed by atoms with E-state index < -0.39 is 5.41 Å². The fourth-order valence-electron chi connectivity index (χ4n) is 3.65. The third-order valence-corrected chi connectivity index (χ3v) is 5.43. The molecule has 0 aromatic carbocycles. The second kappa shape index (κ2) is 5.88. The number of aryl methyl sites for hydroxylation is 1. The molecule has 3 aliphatic rings. The van der Waals surface area contributed by atoms with Crippen molar-refractivity contribution >= 4 is 11.8 Å². The highest BCUT2D eigenvalue weighted by Gasteiger charge is 2.53. The molecule has 7 nitrogen and oxygen atoms in total. The fraction of sp³-hybridized carbons (Fsp3) is 0.706. The Labute approximate surface area is 141 Å². The van der Waals surface area contributed by atoms with Crippen LogP contribution in [0.4, 0.5) is 0 Å². The average molecular weight is 332 g/mol. The Kier molecular flexibility index (Phi) is 3.83. The molecular weight excluding hydrogens is 308 g/mol. The zero-order chi connectivity index (χ0) is 16.7. The molecule has 2 atom stereocenters. The molecule has 0 radical (unpaired) electrons. The molecule has 24 heavy (non-hydrogen) atoms. The van der Waals surface area contributed by atoms with E-state index in [4.69, 9.17) is 4.74 Å². The number of aromatic nitrogens is 2. The van der Waals surface area contributed by atoms with Crippen molar-refractivity contribution in [2.45, 2.75) is 49.7 Å². The molecule has 1 saturated carbocycles. The monoisotopic (exact) mass is 332 g/mol. The molecule has 2 saturated heterocycles. The molecular formula is C17H24N4O3. The molecule has 1 aliphatic carbocycles. The number of ether oxygens (including phenoxy) is 1. The second-order valence-electron chi connectivity index (χ2n) is 7.20. The van der Waals surface area contributed by atoms with Crippen LogP contribution in [-0.2, 0) is 26.8 Å². The van der Waals surface area contributed by atoms with Crippen LogP contribution in [-0.4, -0.2) is 58.3 Å². The van der Waals surface area contributed by atoms with E-state index in [-0.39, 0.29) is 24.0 Å². The molecule has 1 aromatic rings. The number of likely N-dealkylation sites (tertiary alicyclic amines) is 1. The summed E-state index contributed by atoms with van der Waals surface area (Å²) in [5.41, 5.74) is 0.402. The van der Waals surface area contributed by atoms with Crippen molar-refractivity contribution in [2.24, 2.45) is 7.05 Å². The Morgan fingerprint density at radius 3 is 2.75 bits per heavy atom. The van der Waals surface area contributed by atoms with Crippen LogP contribution >= 0.6 is 0 Å². The van der Waals surface area contributed by atoms with Gasteiger partial charge >= 0.3 is 0 Å². The molecule has 130 valence electrons. The number of nitrogens with one attached hydrogen (secondary N) is 1. The zero-order valence-corrected chi connectivity index (χ0v) is 14.0. The standard InChI is InChI=1S/C17H24N4O3/c1-20-9-4-14(19-20)17(6-7-17)16(23)18-12-3-2-8-21(11-12)15(22)13-5-10-24-13/h4,9,12-13H,2-3,5-8,10-11H2,1H3,(H,18,23). The lowest BCUT2D eigenvalue weighted by Crippen LogP contribution is -2.55. The summed E-state index contributed by atoms with van der Waals surface area (Å²) in [5, 5.41) is 7.59. The van der Waals surface area contributed by atoms with Crippen LogP contribution in [0.3, 0.4) is 0 Å². The first-order chi connectivity index (χ1) is 11.6. The highest BCUT2D eigenvalue weighted by molar-refractivity contribution is 5.91. The van der Waals surface area contributed by atoms with Gasteiger partial charge in [-0.2, -0.15) is 5.10 Å². The Morgan fingerprint density at radius 2 is 2.17 bits per heavy atom. The smallest absolute Gasteiger partial charge is 0.251 e. The molecule has 3 fully saturated rings. The van der Waals surface area contributed by atoms with Crippen molar-refractivity contribution in [2.75, 3.05) is 19.7 Å². The van der Waals surface area contributed by atoms with E-state index in [1.165, 1.54) is 0 Å². The maximum absolute atomic E-state index is 12.8. The zero-order valence-electron chi connectivity index (χ0n) is 14.0. The largest absolute Gasteiger partial charge is 0.368 e. The van der Waals surface area contributed by atoms with Crippen molar-refractivity contribution in [3.8, 4) is 0 Å². The molecule has 0 spiro atoms. The first-order valence-corrected chi connectivity index (χ1v) is 8.80. The van der Waals surface area contributed by atoms with Crippen LogP contribution in [0.15, 0.2) is 12.3 Å². The molecule has 1 aromatic heterocycles. The van der Waals surface area contributed by atoms with Gasteiger partial charge in [-0.25, -0.2) is 0 Å². The number of carbonyl (C=O) groups is 2. The minimum atomic E-state index is -0.454. The van der Waals surface area contributed by atoms with Gasteiger partial charge in [0.15, 0.2) is 0 Å². The summed E-state index contributed by atoms with van der Waals surface area (Å²) in [7, 11) is 1.87. The molecule has 2 amide bonds. The molecule has 2 unspecified atom stereocenters. The third kappa shape index (κ3) is 2.70. The Balaban J connectivity index is 1.38. The Hall–Kier alpha value is -1.89. The van der Waals surface area contributed by atoms with Crippen LogP contribution in [0.2, 0.25) is 0 Å². The second-order valence-corrected chi connectivity index (χ2v) is 7.20. The highest BCUT2D eigenvalue weighted by Crippen LogP contribution is 2.47. The predicted molar refractivity (Wildman–Crippen MR) is 86.2 cm³/mol. The van der Waals surface area contributed by atoms with Gasteiger partial charge < -0.3 is 15.0 Å². The summed E-state index contributed by atoms with van der Waals surface area (Å²) in [4.78, 5) is 27.0. The number of hydrogen-bond acceptors (Lipinski definition) is 4. The van der Waals surface area contributed by atoms with Crippen molar-refractivity contribution in [1.82, 2.24) is 20.0 Å². The molecule has 2 aliphatic heterocycles. The number of nitrogens with zero attached hydrogens (tertiary/aromatic N) is 3. The molecule has 3 heterocycles. The third-order valence-electron chi connectivity index (χ3n) is 5.43. The number of carbonyl (C=O) groups excluding carboxylic acids is 2. The first-order valence-electron chi connectivity index (χ1n) is 8.80. The van der Waals surface area contributed by atoms with Gasteiger partial charge in [0.05, 0.1) is 17.7 Å². The van der Waals surface area contributed by atoms with Gasteiger partial charge in [0.25, 0.3) is 5.91 Å². The van der Waals surface area contributed by atoms with Gasteiger partial charge in [-0.3, -0.25) is 14.3 Å². The summed E-state index contributed by atoms with van der Waals surface area (Å²) in [6.45, 7) is 2.02. The van der Waals surface area contributed by atoms with Crippen LogP contribution in [0.1, 0.15) is 37.8 Å². The van der Waals surface area contributed by atoms with Crippen molar-refractivity contribution < 1.29 is 14.3 Å². The van der Waals surface area contributed by atoms with E-state index in [0.29, 0.717) is 13.2 Å². The van der Waals surface area contributed by atoms with Gasteiger partial charge in [-0.1, -0.05) is 0 Å². The predicted octanol–water partition coefficient (Wildman–Crippen LogP) is 0.348. The lowest BCUT2D eigenvalue weighted by atomic mass is 9.99. The maximum Gasteiger partial charge on any atom is 0.251 e. The number of piperidine rings is 1. The fourth-order valence-corrected chi connectivity index (χ4v) is 3.65. The van der Waals surface area contributed by atoms with E-state index in [1.807, 2.05) is 24.2 Å². The minimum absolute atomic E-state index is 0.0245. The normalized spacial score (nSPS) is 28.1. The Bertz CT molecular complexity index is 648. The van der Waals surface area contributed by atoms with Gasteiger partial charge in [0.1, 0.15) is 6.10 Å². The van der Waals surface area contributed by atoms with E-state index in [0.717, 1.165) is 44.3 Å². The van der Waals surface area contributed by atoms with Gasteiger partial charge in [-0.15, -0.1) is 0 Å². The molecule has 7 heteroatoms. The maximum atomic E-state index is 12.8. The minimum Gasteiger partial charge on any atom is -0.368 e. The number of amides is 2. The summed E-state index contributed by atoms with van der Waals surface area (Å²) in [6, 6.07) is 1.95. The molecule has 1 N–H and O–H groups in total. The highest BCUT2D eigenvalue weighted by atomic mass is 16.5. The lowest BCUT2D eigenvalue weighted by molar-refractivity contribution is -0.157. The van der Waals surface area contributed by atoms with E-state index in [2.05, 4.69) is 10.4 Å². The summed E-state index contributed by atoms with van der Waals surface area (Å²) >= 11 is 0. The summed E-state index contributed by atoms with van der Waals surface area (Å²) in [5.74, 6) is 0.131. The molecule has 0 bridgehead atoms. The number of hydrogen-bond donors (Lipinski definition) is 1.